The van der Waals surface area contributed by atoms with E-state index in [1.807, 2.05) is 58.0 Å². The molecule has 0 aromatic heterocycles. The number of aryl methyl sites for hydroxylation is 1. The third-order valence-corrected chi connectivity index (χ3v) is 22.3. The molecule has 21 nitrogen and oxygen atoms in total. The van der Waals surface area contributed by atoms with Crippen LogP contribution in [0.4, 0.5) is 0 Å². The van der Waals surface area contributed by atoms with E-state index < -0.39 is 11.2 Å². The number of benzene rings is 4. The number of ketones is 9. The molecule has 4 aromatic rings. The van der Waals surface area contributed by atoms with Gasteiger partial charge in [0.1, 0.15) is 51.5 Å². The second kappa shape index (κ2) is 43.3. The molecule has 2 heterocycles. The molecule has 2 aliphatic heterocycles. The largest absolute Gasteiger partial charge is 0.493 e. The van der Waals surface area contributed by atoms with Crippen molar-refractivity contribution in [2.24, 2.45) is 0 Å². The Balaban J connectivity index is 0.000000311. The highest BCUT2D eigenvalue weighted by Crippen LogP contribution is 2.45. The number of carbonyl (C=O) groups is 13. The van der Waals surface area contributed by atoms with Gasteiger partial charge >= 0.3 is 23.9 Å². The number of fused-ring (bicyclic) bond motifs is 2. The molecule has 3 aliphatic carbocycles. The summed E-state index contributed by atoms with van der Waals surface area (Å²) >= 11 is 0. The van der Waals surface area contributed by atoms with Crippen LogP contribution in [-0.2, 0) is 75.1 Å². The van der Waals surface area contributed by atoms with E-state index in [4.69, 9.17) is 28.4 Å². The minimum Gasteiger partial charge on any atom is -0.493 e. The highest BCUT2D eigenvalue weighted by atomic mass is 16.6. The molecule has 2 saturated heterocycles. The molecule has 0 bridgehead atoms. The Hall–Kier alpha value is -10.5. The predicted octanol–water partition coefficient (Wildman–Crippen LogP) is 19.3. The highest BCUT2D eigenvalue weighted by Gasteiger charge is 2.37. The van der Waals surface area contributed by atoms with Crippen LogP contribution in [0.2, 0.25) is 0 Å². The molecule has 0 amide bonds. The zero-order valence-corrected chi connectivity index (χ0v) is 72.8. The Kier molecular flexibility index (Phi) is 36.6. The third-order valence-electron chi connectivity index (χ3n) is 22.3. The topological polar surface area (TPSA) is 318 Å². The summed E-state index contributed by atoms with van der Waals surface area (Å²) in [7, 11) is 0. The normalized spacial score (nSPS) is 18.2. The first kappa shape index (κ1) is 99.8. The van der Waals surface area contributed by atoms with Crippen LogP contribution in [0.5, 0.6) is 23.0 Å². The second-order valence-electron chi connectivity index (χ2n) is 32.7. The van der Waals surface area contributed by atoms with Crippen molar-refractivity contribution in [1.29, 1.82) is 0 Å². The smallest absolute Gasteiger partial charge is 0.308 e. The van der Waals surface area contributed by atoms with Gasteiger partial charge in [-0.05, 0) is 243 Å². The van der Waals surface area contributed by atoms with Gasteiger partial charge in [0.2, 0.25) is 0 Å². The van der Waals surface area contributed by atoms with Gasteiger partial charge in [-0.2, -0.15) is 0 Å². The number of Topliss-reactive ketones (excluding diaryl/α,β-unsaturated/α-hetero) is 9. The minimum atomic E-state index is -1.03. The molecule has 638 valence electrons. The lowest BCUT2D eigenvalue weighted by Gasteiger charge is -2.25. The summed E-state index contributed by atoms with van der Waals surface area (Å²) in [6.45, 7) is 44.6. The highest BCUT2D eigenvalue weighted by molar-refractivity contribution is 6.27. The van der Waals surface area contributed by atoms with Crippen LogP contribution in [0.15, 0.2) is 147 Å². The maximum Gasteiger partial charge on any atom is 0.308 e. The van der Waals surface area contributed by atoms with E-state index in [1.165, 1.54) is 41.5 Å². The summed E-state index contributed by atoms with van der Waals surface area (Å²) in [6, 6.07) is 16.1. The van der Waals surface area contributed by atoms with Gasteiger partial charge in [-0.1, -0.05) is 80.8 Å². The number of carbonyl (C=O) groups excluding carboxylic acids is 13. The Morgan fingerprint density at radius 3 is 1.26 bits per heavy atom. The fourth-order valence-electron chi connectivity index (χ4n) is 14.3. The molecule has 4 atom stereocenters. The molecule has 9 rings (SSSR count). The van der Waals surface area contributed by atoms with E-state index in [2.05, 4.69) is 27.0 Å². The number of hydrogen-bond acceptors (Lipinski definition) is 21. The minimum absolute atomic E-state index is 0. The van der Waals surface area contributed by atoms with Gasteiger partial charge in [0.05, 0.1) is 22.7 Å². The lowest BCUT2D eigenvalue weighted by molar-refractivity contribution is -0.133. The molecule has 0 radical (unpaired) electrons. The van der Waals surface area contributed by atoms with Crippen LogP contribution in [0.1, 0.15) is 297 Å². The van der Waals surface area contributed by atoms with Crippen molar-refractivity contribution >= 4 is 86.7 Å². The predicted molar refractivity (Wildman–Crippen MR) is 457 cm³/mol. The number of hydrogen-bond donors (Lipinski definition) is 2. The van der Waals surface area contributed by atoms with Gasteiger partial charge in [-0.3, -0.25) is 47.9 Å². The fourth-order valence-corrected chi connectivity index (χ4v) is 14.3. The molecular formula is C97H124O21. The zero-order valence-electron chi connectivity index (χ0n) is 72.8. The number of ether oxygens (including phenoxy) is 6. The lowest BCUT2D eigenvalue weighted by Crippen LogP contribution is -2.27. The van der Waals surface area contributed by atoms with E-state index in [1.54, 1.807) is 99.6 Å². The fraction of sp³-hybridized carbons (Fsp3) is 0.474. The van der Waals surface area contributed by atoms with E-state index in [0.717, 1.165) is 94.2 Å². The lowest BCUT2D eigenvalue weighted by atomic mass is 9.81. The summed E-state index contributed by atoms with van der Waals surface area (Å²) in [4.78, 5) is 153. The monoisotopic (exact) mass is 1620 g/mol. The molecule has 118 heavy (non-hydrogen) atoms. The Morgan fingerprint density at radius 1 is 0.441 bits per heavy atom. The van der Waals surface area contributed by atoms with E-state index >= 15 is 0 Å². The molecule has 21 heteroatoms. The first-order valence-electron chi connectivity index (χ1n) is 39.9. The maximum absolute atomic E-state index is 12.6. The van der Waals surface area contributed by atoms with Crippen molar-refractivity contribution in [2.45, 2.75) is 304 Å². The van der Waals surface area contributed by atoms with Crippen LogP contribution in [0.3, 0.4) is 0 Å². The molecule has 4 unspecified atom stereocenters. The SMILES string of the molecule is C.C=C1CCC(C)(CCc2c(C)c(OC(C)=O)c3ccccc3c2OC(C)=O)O1.C=C1CCC(C)(CCc2cc(OC(C)=O)c(C)c(C)c2OC(C)=O)O1.CC(=O)CC/C(C)=C/CC1=C(C)C(=O)C(C)=C(C)C1=O.CC(=O)CCC(C)(O)CCC1=C(C)C(=O)C(C)=C(C)C1=O.CC(=O)CCC(C)(O)CCC1=C(C)C(=O)c2ccccc2C1=O. The van der Waals surface area contributed by atoms with E-state index in [-0.39, 0.29) is 94.6 Å². The second-order valence-corrected chi connectivity index (χ2v) is 32.7. The Morgan fingerprint density at radius 2 is 0.822 bits per heavy atom. The summed E-state index contributed by atoms with van der Waals surface area (Å²) in [5, 5.41) is 22.1. The van der Waals surface area contributed by atoms with Gasteiger partial charge in [0.25, 0.3) is 0 Å². The number of rotatable bonds is 27. The van der Waals surface area contributed by atoms with Crippen molar-refractivity contribution in [2.75, 3.05) is 0 Å². The zero-order chi connectivity index (χ0) is 88.3. The van der Waals surface area contributed by atoms with Crippen LogP contribution in [0.25, 0.3) is 10.8 Å². The number of esters is 4. The standard InChI is InChI=1S/C23H26O5.C20H26O5.C19H22O4.C17H24O4.C17H22O3.CH4/c1-14-10-12-23(5,28-14)13-11-18-15(2)21(26-16(3)24)19-8-6-7-9-20(19)22(18)27-17(4)25;1-12-7-9-20(6,25-12)10-8-17-11-18(23-15(4)21)13(2)14(3)19(17)24-16(5)22;1-12(20)8-10-19(3,23)11-9-14-13(2)17(21)15-6-4-5-7-16(15)18(14)22;1-10(18)6-8-17(5,21)9-7-14-13(4)15(19)11(2)12(3)16(14)20;1-10(6-8-11(2)18)7-9-15-14(5)16(19)12(3)13(4)17(15)20;/h6-9H,1,10-13H2,2-5H3;11H,1,7-10H2,2-6H3;4-7,23H,8-11H2,1-3H3;21H,6-9H2,1-5H3;7H,6,8-9H2,1-5H3;1H4/b;;;;10-7+;. The van der Waals surface area contributed by atoms with Crippen LogP contribution in [-0.4, -0.2) is 109 Å². The Labute approximate surface area is 696 Å². The third kappa shape index (κ3) is 27.8. The Bertz CT molecular complexity index is 4870. The number of allylic oxidation sites excluding steroid dienone is 14. The number of aliphatic hydroxyl groups is 2. The van der Waals surface area contributed by atoms with Crippen LogP contribution < -0.4 is 18.9 Å². The first-order valence-corrected chi connectivity index (χ1v) is 39.9. The van der Waals surface area contributed by atoms with Crippen LogP contribution >= 0.6 is 0 Å². The molecular weight excluding hydrogens is 1500 g/mol. The van der Waals surface area contributed by atoms with Gasteiger partial charge in [-0.25, -0.2) is 0 Å². The molecule has 0 saturated carbocycles. The first-order chi connectivity index (χ1) is 54.4. The van der Waals surface area contributed by atoms with Crippen LogP contribution in [0, 0.1) is 20.8 Å². The summed E-state index contributed by atoms with van der Waals surface area (Å²) in [5.74, 6) is 1.85. The van der Waals surface area contributed by atoms with E-state index in [9.17, 15) is 72.5 Å². The maximum atomic E-state index is 12.6. The summed E-state index contributed by atoms with van der Waals surface area (Å²) < 4.78 is 33.7. The molecule has 0 spiro atoms. The summed E-state index contributed by atoms with van der Waals surface area (Å²) in [5.41, 5.74) is 8.52. The molecule has 5 aliphatic rings. The van der Waals surface area contributed by atoms with Crippen molar-refractivity contribution in [3.8, 4) is 23.0 Å². The quantitative estimate of drug-likeness (QED) is 0.0242. The van der Waals surface area contributed by atoms with Gasteiger partial charge in [0.15, 0.2) is 34.7 Å². The van der Waals surface area contributed by atoms with Gasteiger partial charge in [-0.15, -0.1) is 0 Å². The van der Waals surface area contributed by atoms with E-state index in [0.29, 0.717) is 173 Å². The van der Waals surface area contributed by atoms with Crippen molar-refractivity contribution in [3.05, 3.63) is 186 Å². The van der Waals surface area contributed by atoms with Crippen molar-refractivity contribution in [1.82, 2.24) is 0 Å². The summed E-state index contributed by atoms with van der Waals surface area (Å²) in [6.07, 6.45) is 12.6. The van der Waals surface area contributed by atoms with Gasteiger partial charge < -0.3 is 53.0 Å². The molecule has 2 fully saturated rings. The average Bonchev–Trinajstić information content (AvgIpc) is 1.01. The van der Waals surface area contributed by atoms with Crippen molar-refractivity contribution in [3.63, 3.8) is 0 Å². The molecule has 2 N–H and O–H groups in total. The average molecular weight is 1630 g/mol. The molecule has 4 aromatic carbocycles. The van der Waals surface area contributed by atoms with Gasteiger partial charge in [0, 0.05) is 143 Å². The van der Waals surface area contributed by atoms with Crippen molar-refractivity contribution < 1.29 is 101 Å².